The van der Waals surface area contributed by atoms with Gasteiger partial charge in [0, 0.05) is 13.1 Å². The predicted octanol–water partition coefficient (Wildman–Crippen LogP) is 1.68. The third-order valence-electron chi connectivity index (χ3n) is 2.62. The van der Waals surface area contributed by atoms with Gasteiger partial charge in [-0.15, -0.1) is 0 Å². The summed E-state index contributed by atoms with van der Waals surface area (Å²) in [5.41, 5.74) is 0. The topological polar surface area (TPSA) is 69.6 Å². The second-order valence-corrected chi connectivity index (χ2v) is 4.12. The molecule has 0 fully saturated rings. The molecule has 0 bridgehead atoms. The molecule has 0 aromatic heterocycles. The van der Waals surface area contributed by atoms with Crippen LogP contribution in [0.25, 0.3) is 0 Å². The minimum absolute atomic E-state index is 0.0795. The van der Waals surface area contributed by atoms with Crippen LogP contribution in [0.3, 0.4) is 0 Å². The van der Waals surface area contributed by atoms with Crippen molar-refractivity contribution in [1.29, 1.82) is 0 Å². The Morgan fingerprint density at radius 1 is 1.38 bits per heavy atom. The number of likely N-dealkylation sites (N-methyl/N-ethyl adjacent to an activating group) is 1. The molecule has 0 saturated heterocycles. The third kappa shape index (κ3) is 5.00. The number of rotatable bonds is 6. The minimum Gasteiger partial charge on any atom is -0.480 e. The molecule has 0 aliphatic heterocycles. The molecule has 0 spiro atoms. The van der Waals surface area contributed by atoms with Crippen molar-refractivity contribution in [3.05, 3.63) is 0 Å². The summed E-state index contributed by atoms with van der Waals surface area (Å²) in [5.74, 6) is -1.00. The van der Waals surface area contributed by atoms with Crippen LogP contribution in [0.4, 0.5) is 4.79 Å². The lowest BCUT2D eigenvalue weighted by Gasteiger charge is -2.24. The zero-order valence-electron chi connectivity index (χ0n) is 10.5. The number of hydrogen-bond donors (Lipinski definition) is 2. The predicted molar refractivity (Wildman–Crippen MR) is 62.4 cm³/mol. The number of nitrogens with zero attached hydrogens (tertiary/aromatic N) is 1. The smallest absolute Gasteiger partial charge is 0.326 e. The molecular weight excluding hydrogens is 208 g/mol. The highest BCUT2D eigenvalue weighted by atomic mass is 16.4. The van der Waals surface area contributed by atoms with Crippen LogP contribution < -0.4 is 5.32 Å². The Hall–Kier alpha value is -1.26. The summed E-state index contributed by atoms with van der Waals surface area (Å²) in [7, 11) is 1.49. The molecule has 0 aliphatic rings. The zero-order chi connectivity index (χ0) is 12.7. The highest BCUT2D eigenvalue weighted by Crippen LogP contribution is 2.02. The molecule has 2 atom stereocenters. The van der Waals surface area contributed by atoms with Gasteiger partial charge >= 0.3 is 12.0 Å². The molecule has 0 radical (unpaired) electrons. The Morgan fingerprint density at radius 2 is 1.94 bits per heavy atom. The molecule has 0 saturated carbocycles. The third-order valence-corrected chi connectivity index (χ3v) is 2.62. The van der Waals surface area contributed by atoms with Gasteiger partial charge in [-0.2, -0.15) is 0 Å². The number of carboxylic acid groups (broad SMARTS) is 1. The number of aliphatic carboxylic acids is 1. The van der Waals surface area contributed by atoms with Crippen LogP contribution in [-0.2, 0) is 4.79 Å². The van der Waals surface area contributed by atoms with Crippen molar-refractivity contribution >= 4 is 12.0 Å². The SMILES string of the molecule is CCCCC(C)NC(=O)N(C)C(C)C(=O)O. The first-order valence-electron chi connectivity index (χ1n) is 5.66. The van der Waals surface area contributed by atoms with E-state index >= 15 is 0 Å². The van der Waals surface area contributed by atoms with Gasteiger partial charge in [0.2, 0.25) is 0 Å². The highest BCUT2D eigenvalue weighted by Gasteiger charge is 2.22. The number of carbonyl (C=O) groups excluding carboxylic acids is 1. The average Bonchev–Trinajstić information content (AvgIpc) is 2.23. The summed E-state index contributed by atoms with van der Waals surface area (Å²) in [6, 6.07) is -1.06. The Morgan fingerprint density at radius 3 is 2.38 bits per heavy atom. The van der Waals surface area contributed by atoms with Gasteiger partial charge in [-0.05, 0) is 20.3 Å². The van der Waals surface area contributed by atoms with E-state index in [-0.39, 0.29) is 12.1 Å². The number of unbranched alkanes of at least 4 members (excludes halogenated alkanes) is 1. The van der Waals surface area contributed by atoms with E-state index in [1.165, 1.54) is 18.9 Å². The van der Waals surface area contributed by atoms with Crippen molar-refractivity contribution in [3.63, 3.8) is 0 Å². The Balaban J connectivity index is 4.09. The fraction of sp³-hybridized carbons (Fsp3) is 0.818. The largest absolute Gasteiger partial charge is 0.480 e. The van der Waals surface area contributed by atoms with E-state index in [1.54, 1.807) is 0 Å². The normalized spacial score (nSPS) is 14.0. The number of carboxylic acids is 1. The summed E-state index contributed by atoms with van der Waals surface area (Å²) in [6.07, 6.45) is 3.05. The summed E-state index contributed by atoms with van der Waals surface area (Å²) < 4.78 is 0. The van der Waals surface area contributed by atoms with Crippen molar-refractivity contribution in [1.82, 2.24) is 10.2 Å². The zero-order valence-corrected chi connectivity index (χ0v) is 10.5. The first-order valence-corrected chi connectivity index (χ1v) is 5.66. The molecule has 5 heteroatoms. The van der Waals surface area contributed by atoms with E-state index in [0.717, 1.165) is 19.3 Å². The molecule has 0 aromatic rings. The average molecular weight is 230 g/mol. The number of urea groups is 1. The standard InChI is InChI=1S/C11H22N2O3/c1-5-6-7-8(2)12-11(16)13(4)9(3)10(14)15/h8-9H,5-7H2,1-4H3,(H,12,16)(H,14,15). The highest BCUT2D eigenvalue weighted by molar-refractivity contribution is 5.82. The van der Waals surface area contributed by atoms with Gasteiger partial charge in [-0.3, -0.25) is 0 Å². The maximum absolute atomic E-state index is 11.6. The number of carbonyl (C=O) groups is 2. The molecule has 2 unspecified atom stereocenters. The van der Waals surface area contributed by atoms with Gasteiger partial charge in [-0.25, -0.2) is 9.59 Å². The van der Waals surface area contributed by atoms with Crippen molar-refractivity contribution in [2.24, 2.45) is 0 Å². The van der Waals surface area contributed by atoms with Crippen molar-refractivity contribution in [2.45, 2.75) is 52.1 Å². The van der Waals surface area contributed by atoms with Crippen LogP contribution in [0, 0.1) is 0 Å². The lowest BCUT2D eigenvalue weighted by atomic mass is 10.1. The van der Waals surface area contributed by atoms with Gasteiger partial charge in [0.05, 0.1) is 0 Å². The Kier molecular flexibility index (Phi) is 6.53. The molecular formula is C11H22N2O3. The van der Waals surface area contributed by atoms with Gasteiger partial charge in [-0.1, -0.05) is 19.8 Å². The second-order valence-electron chi connectivity index (χ2n) is 4.12. The van der Waals surface area contributed by atoms with E-state index in [4.69, 9.17) is 5.11 Å². The summed E-state index contributed by atoms with van der Waals surface area (Å²) in [6.45, 7) is 5.50. The van der Waals surface area contributed by atoms with Crippen LogP contribution >= 0.6 is 0 Å². The van der Waals surface area contributed by atoms with E-state index in [0.29, 0.717) is 0 Å². The van der Waals surface area contributed by atoms with Crippen LogP contribution in [0.5, 0.6) is 0 Å². The Labute approximate surface area is 96.8 Å². The minimum atomic E-state index is -1.00. The van der Waals surface area contributed by atoms with Crippen LogP contribution in [0.2, 0.25) is 0 Å². The summed E-state index contributed by atoms with van der Waals surface area (Å²) in [5, 5.41) is 11.5. The Bertz CT molecular complexity index is 243. The number of hydrogen-bond acceptors (Lipinski definition) is 2. The molecule has 5 nitrogen and oxygen atoms in total. The molecule has 2 N–H and O–H groups in total. The first kappa shape index (κ1) is 14.7. The van der Waals surface area contributed by atoms with Crippen LogP contribution in [-0.4, -0.2) is 41.1 Å². The van der Waals surface area contributed by atoms with E-state index in [1.807, 2.05) is 6.92 Å². The number of amides is 2. The fourth-order valence-electron chi connectivity index (χ4n) is 1.24. The summed E-state index contributed by atoms with van der Waals surface area (Å²) >= 11 is 0. The van der Waals surface area contributed by atoms with Crippen LogP contribution in [0.1, 0.15) is 40.0 Å². The molecule has 0 heterocycles. The van der Waals surface area contributed by atoms with E-state index < -0.39 is 12.0 Å². The van der Waals surface area contributed by atoms with Gasteiger partial charge in [0.1, 0.15) is 6.04 Å². The monoisotopic (exact) mass is 230 g/mol. The maximum Gasteiger partial charge on any atom is 0.326 e. The fourth-order valence-corrected chi connectivity index (χ4v) is 1.24. The molecule has 94 valence electrons. The van der Waals surface area contributed by atoms with Crippen molar-refractivity contribution < 1.29 is 14.7 Å². The molecule has 16 heavy (non-hydrogen) atoms. The first-order chi connectivity index (χ1) is 7.40. The second kappa shape index (κ2) is 7.09. The number of nitrogens with one attached hydrogen (secondary N) is 1. The molecule has 0 aromatic carbocycles. The lowest BCUT2D eigenvalue weighted by molar-refractivity contribution is -0.141. The van der Waals surface area contributed by atoms with Gasteiger partial charge in [0.15, 0.2) is 0 Å². The molecule has 2 amide bonds. The lowest BCUT2D eigenvalue weighted by Crippen LogP contribution is -2.48. The maximum atomic E-state index is 11.6. The quantitative estimate of drug-likeness (QED) is 0.729. The molecule has 0 aliphatic carbocycles. The van der Waals surface area contributed by atoms with Crippen molar-refractivity contribution in [2.75, 3.05) is 7.05 Å². The van der Waals surface area contributed by atoms with Crippen molar-refractivity contribution in [3.8, 4) is 0 Å². The van der Waals surface area contributed by atoms with Crippen LogP contribution in [0.15, 0.2) is 0 Å². The van der Waals surface area contributed by atoms with E-state index in [9.17, 15) is 9.59 Å². The molecule has 0 rings (SSSR count). The van der Waals surface area contributed by atoms with Gasteiger partial charge in [0.25, 0.3) is 0 Å². The van der Waals surface area contributed by atoms with E-state index in [2.05, 4.69) is 12.2 Å². The summed E-state index contributed by atoms with van der Waals surface area (Å²) in [4.78, 5) is 23.5. The van der Waals surface area contributed by atoms with Gasteiger partial charge < -0.3 is 15.3 Å².